The summed E-state index contributed by atoms with van der Waals surface area (Å²) in [5, 5.41) is 6.44. The molecule has 0 saturated carbocycles. The third-order valence-corrected chi connectivity index (χ3v) is 8.09. The van der Waals surface area contributed by atoms with Crippen LogP contribution in [0.5, 0.6) is 0 Å². The second-order valence-corrected chi connectivity index (χ2v) is 10.6. The molecule has 1 aromatic heterocycles. The van der Waals surface area contributed by atoms with E-state index in [0.29, 0.717) is 12.1 Å². The molecule has 2 aromatic rings. The zero-order valence-electron chi connectivity index (χ0n) is 20.1. The van der Waals surface area contributed by atoms with Crippen molar-refractivity contribution in [3.63, 3.8) is 0 Å². The van der Waals surface area contributed by atoms with Crippen LogP contribution in [0, 0.1) is 5.41 Å². The van der Waals surface area contributed by atoms with Gasteiger partial charge in [0.15, 0.2) is 0 Å². The molecule has 5 rings (SSSR count). The number of nitrogens with zero attached hydrogens (tertiary/aromatic N) is 2. The van der Waals surface area contributed by atoms with Crippen molar-refractivity contribution in [1.29, 1.82) is 0 Å². The summed E-state index contributed by atoms with van der Waals surface area (Å²) in [7, 11) is 0. The van der Waals surface area contributed by atoms with Crippen LogP contribution in [0.1, 0.15) is 51.1 Å². The first-order valence-corrected chi connectivity index (χ1v) is 11.6. The molecule has 7 heteroatoms. The highest BCUT2D eigenvalue weighted by Gasteiger charge is 2.66. The number of hydrogen-bond acceptors (Lipinski definition) is 4. The van der Waals surface area contributed by atoms with Crippen LogP contribution in [-0.2, 0) is 20.4 Å². The van der Waals surface area contributed by atoms with Crippen LogP contribution in [0.2, 0.25) is 0 Å². The van der Waals surface area contributed by atoms with Crippen molar-refractivity contribution in [1.82, 2.24) is 20.2 Å². The summed E-state index contributed by atoms with van der Waals surface area (Å²) in [6.07, 6.45) is 7.17. The molecule has 1 aromatic carbocycles. The van der Waals surface area contributed by atoms with Gasteiger partial charge in [-0.15, -0.1) is 13.2 Å². The van der Waals surface area contributed by atoms with Crippen molar-refractivity contribution in [3.05, 3.63) is 78.6 Å². The Hall–Kier alpha value is -3.61. The van der Waals surface area contributed by atoms with E-state index in [-0.39, 0.29) is 34.5 Å². The third kappa shape index (κ3) is 2.79. The largest absolute Gasteiger partial charge is 0.364 e. The molecule has 0 aliphatic carbocycles. The predicted molar refractivity (Wildman–Crippen MR) is 133 cm³/mol. The number of hydrogen-bond donors (Lipinski definition) is 3. The van der Waals surface area contributed by atoms with E-state index < -0.39 is 11.5 Å². The summed E-state index contributed by atoms with van der Waals surface area (Å²) in [5.41, 5.74) is 2.53. The Bertz CT molecular complexity index is 1250. The van der Waals surface area contributed by atoms with Gasteiger partial charge in [0.1, 0.15) is 17.9 Å². The fourth-order valence-electron chi connectivity index (χ4n) is 5.83. The molecule has 2 fully saturated rings. The summed E-state index contributed by atoms with van der Waals surface area (Å²) >= 11 is 0. The van der Waals surface area contributed by atoms with E-state index in [2.05, 4.69) is 53.7 Å². The number of anilines is 1. The second-order valence-electron chi connectivity index (χ2n) is 10.6. The van der Waals surface area contributed by atoms with Crippen LogP contribution >= 0.6 is 0 Å². The first-order valence-electron chi connectivity index (χ1n) is 11.6. The van der Waals surface area contributed by atoms with Crippen LogP contribution in [0.25, 0.3) is 6.08 Å². The van der Waals surface area contributed by atoms with Crippen LogP contribution in [0.4, 0.5) is 5.69 Å². The lowest BCUT2D eigenvalue weighted by Crippen LogP contribution is -2.59. The number of piperazine rings is 1. The van der Waals surface area contributed by atoms with Gasteiger partial charge in [0.25, 0.3) is 5.91 Å². The first kappa shape index (κ1) is 22.2. The minimum absolute atomic E-state index is 0.182. The maximum atomic E-state index is 13.9. The Morgan fingerprint density at radius 2 is 1.88 bits per heavy atom. The minimum atomic E-state index is -0.571. The van der Waals surface area contributed by atoms with E-state index in [9.17, 15) is 9.59 Å². The van der Waals surface area contributed by atoms with Gasteiger partial charge in [-0.1, -0.05) is 58.0 Å². The van der Waals surface area contributed by atoms with Gasteiger partial charge in [-0.05, 0) is 29.5 Å². The molecule has 3 atom stereocenters. The van der Waals surface area contributed by atoms with Gasteiger partial charge >= 0.3 is 0 Å². The van der Waals surface area contributed by atoms with E-state index in [1.807, 2.05) is 44.2 Å². The summed E-state index contributed by atoms with van der Waals surface area (Å²) in [5.74, 6) is -0.402. The Kier molecular flexibility index (Phi) is 4.70. The van der Waals surface area contributed by atoms with E-state index in [1.165, 1.54) is 0 Å². The van der Waals surface area contributed by atoms with Gasteiger partial charge in [-0.25, -0.2) is 4.98 Å². The smallest absolute Gasteiger partial charge is 0.272 e. The number of H-pyrrole nitrogens is 1. The molecule has 7 nitrogen and oxygen atoms in total. The minimum Gasteiger partial charge on any atom is -0.364 e. The highest BCUT2D eigenvalue weighted by Crippen LogP contribution is 2.60. The van der Waals surface area contributed by atoms with Gasteiger partial charge < -0.3 is 20.5 Å². The predicted octanol–water partition coefficient (Wildman–Crippen LogP) is 3.85. The molecule has 0 spiro atoms. The Morgan fingerprint density at radius 1 is 1.15 bits per heavy atom. The molecule has 0 bridgehead atoms. The summed E-state index contributed by atoms with van der Waals surface area (Å²) < 4.78 is 0. The summed E-state index contributed by atoms with van der Waals surface area (Å²) in [6.45, 7) is 16.3. The Balaban J connectivity index is 1.61. The number of allylic oxidation sites excluding steroid dienone is 2. The molecular weight excluding hydrogens is 426 g/mol. The van der Waals surface area contributed by atoms with Gasteiger partial charge in [-0.3, -0.25) is 9.59 Å². The number of amides is 2. The highest BCUT2D eigenvalue weighted by molar-refractivity contribution is 6.08. The van der Waals surface area contributed by atoms with E-state index in [1.54, 1.807) is 17.3 Å². The summed E-state index contributed by atoms with van der Waals surface area (Å²) in [4.78, 5) is 36.5. The highest BCUT2D eigenvalue weighted by atomic mass is 16.2. The van der Waals surface area contributed by atoms with E-state index >= 15 is 0 Å². The second kappa shape index (κ2) is 7.19. The topological polar surface area (TPSA) is 90.1 Å². The van der Waals surface area contributed by atoms with Crippen molar-refractivity contribution in [2.75, 3.05) is 5.32 Å². The van der Waals surface area contributed by atoms with Gasteiger partial charge in [0, 0.05) is 16.5 Å². The zero-order valence-corrected chi connectivity index (χ0v) is 20.1. The van der Waals surface area contributed by atoms with Crippen molar-refractivity contribution >= 4 is 23.6 Å². The van der Waals surface area contributed by atoms with Gasteiger partial charge in [0.05, 0.1) is 17.7 Å². The van der Waals surface area contributed by atoms with Crippen molar-refractivity contribution in [3.8, 4) is 0 Å². The average Bonchev–Trinajstić information content (AvgIpc) is 3.49. The number of imidazole rings is 1. The number of fused-ring (bicyclic) bond motifs is 5. The number of rotatable bonds is 5. The van der Waals surface area contributed by atoms with Crippen molar-refractivity contribution < 1.29 is 9.59 Å². The molecule has 3 aliphatic rings. The molecular formula is C27H31N5O2. The number of aromatic amines is 1. The maximum Gasteiger partial charge on any atom is 0.272 e. The van der Waals surface area contributed by atoms with Crippen molar-refractivity contribution in [2.24, 2.45) is 5.41 Å². The number of carbonyl (C=O) groups excluding carboxylic acids is 2. The average molecular weight is 458 g/mol. The van der Waals surface area contributed by atoms with Crippen LogP contribution in [-0.4, -0.2) is 38.9 Å². The molecule has 2 saturated heterocycles. The molecule has 176 valence electrons. The Morgan fingerprint density at radius 3 is 2.59 bits per heavy atom. The van der Waals surface area contributed by atoms with Crippen LogP contribution in [0.15, 0.2) is 61.6 Å². The lowest BCUT2D eigenvalue weighted by atomic mass is 9.60. The number of nitrogens with one attached hydrogen (secondary N) is 3. The molecule has 4 heterocycles. The molecule has 34 heavy (non-hydrogen) atoms. The molecule has 3 aliphatic heterocycles. The molecule has 0 unspecified atom stereocenters. The van der Waals surface area contributed by atoms with Gasteiger partial charge in [-0.2, -0.15) is 0 Å². The lowest BCUT2D eigenvalue weighted by molar-refractivity contribution is -0.141. The number of aromatic nitrogens is 2. The summed E-state index contributed by atoms with van der Waals surface area (Å²) in [6, 6.07) is 7.54. The standard InChI is InChI=1S/C27H31N5O2/c1-7-25(3,4)21-18(28-15-29-21)13-19-23(34)32-20(22(33)30-19)14-27(26(5,6)8-2)16-11-9-10-12-17(16)31-24(27)32/h7-13,15,20,24,31H,1-2,14H2,3-6H3,(H,28,29)(H,30,33)/b19-13+/t20-,24-,27+/m0/s1. The monoisotopic (exact) mass is 457 g/mol. The van der Waals surface area contributed by atoms with E-state index in [4.69, 9.17) is 0 Å². The third-order valence-electron chi connectivity index (χ3n) is 8.09. The fraction of sp³-hybridized carbons (Fsp3) is 0.370. The fourth-order valence-corrected chi connectivity index (χ4v) is 5.83. The van der Waals surface area contributed by atoms with Crippen LogP contribution in [0.3, 0.4) is 0 Å². The zero-order chi connectivity index (χ0) is 24.5. The maximum absolute atomic E-state index is 13.9. The normalized spacial score (nSPS) is 27.1. The van der Waals surface area contributed by atoms with Crippen molar-refractivity contribution in [2.45, 2.75) is 57.2 Å². The van der Waals surface area contributed by atoms with E-state index in [0.717, 1.165) is 16.9 Å². The van der Waals surface area contributed by atoms with Gasteiger partial charge in [0.2, 0.25) is 5.91 Å². The quantitative estimate of drug-likeness (QED) is 0.470. The molecule has 2 amide bonds. The molecule has 0 radical (unpaired) electrons. The van der Waals surface area contributed by atoms with Crippen LogP contribution < -0.4 is 10.6 Å². The lowest BCUT2D eigenvalue weighted by Gasteiger charge is -2.43. The SMILES string of the molecule is C=CC(C)(C)c1[nH]cnc1/C=C1/NC(=O)[C@@H]2C[C@@]3(C(C)(C)C=C)c4ccccc4N[C@H]3N2C1=O. The Labute approximate surface area is 200 Å². The number of carbonyl (C=O) groups is 2. The first-order chi connectivity index (χ1) is 16.1. The number of benzene rings is 1. The molecule has 3 N–H and O–H groups in total. The number of para-hydroxylation sites is 1.